The Morgan fingerprint density at radius 2 is 1.97 bits per heavy atom. The number of benzene rings is 1. The molecular weight excluding hydrogens is 408 g/mol. The second-order valence-electron chi connectivity index (χ2n) is 8.15. The maximum atomic E-state index is 12.8. The van der Waals surface area contributed by atoms with Gasteiger partial charge in [0.25, 0.3) is 0 Å². The van der Waals surface area contributed by atoms with Crippen LogP contribution < -0.4 is 15.4 Å². The van der Waals surface area contributed by atoms with Gasteiger partial charge in [-0.2, -0.15) is 5.10 Å². The molecular formula is C23H26N6O3. The standard InChI is InChI=1S/C23H26N6O3/c1-13(2)20(30)16-11-24-19(27-23(31)14-8-9-14)10-18(16)26-17-7-5-6-15(21(17)32-4)22-25-12-29(3)28-22/h5-7,10-14H,8-9H2,1-4H3,(H2,24,26,27,31). The van der Waals surface area contributed by atoms with Crippen LogP contribution in [0.4, 0.5) is 17.2 Å². The number of carbonyl (C=O) groups is 2. The summed E-state index contributed by atoms with van der Waals surface area (Å²) in [6.07, 6.45) is 4.91. The van der Waals surface area contributed by atoms with E-state index in [0.29, 0.717) is 39.9 Å². The van der Waals surface area contributed by atoms with E-state index in [0.717, 1.165) is 12.8 Å². The Morgan fingerprint density at radius 3 is 2.59 bits per heavy atom. The monoisotopic (exact) mass is 434 g/mol. The third-order valence-corrected chi connectivity index (χ3v) is 5.22. The van der Waals surface area contributed by atoms with Crippen molar-refractivity contribution in [2.45, 2.75) is 26.7 Å². The number of para-hydroxylation sites is 1. The van der Waals surface area contributed by atoms with Gasteiger partial charge < -0.3 is 15.4 Å². The number of hydrogen-bond donors (Lipinski definition) is 2. The van der Waals surface area contributed by atoms with E-state index in [-0.39, 0.29) is 23.5 Å². The maximum absolute atomic E-state index is 12.8. The van der Waals surface area contributed by atoms with Gasteiger partial charge in [0.1, 0.15) is 12.1 Å². The summed E-state index contributed by atoms with van der Waals surface area (Å²) >= 11 is 0. The van der Waals surface area contributed by atoms with Crippen LogP contribution in [0.2, 0.25) is 0 Å². The highest BCUT2D eigenvalue weighted by Gasteiger charge is 2.30. The molecule has 0 saturated heterocycles. The Kier molecular flexibility index (Phi) is 5.89. The van der Waals surface area contributed by atoms with Crippen molar-refractivity contribution >= 4 is 28.9 Å². The number of ketones is 1. The fourth-order valence-electron chi connectivity index (χ4n) is 3.35. The summed E-state index contributed by atoms with van der Waals surface area (Å²) in [6.45, 7) is 3.67. The molecule has 32 heavy (non-hydrogen) atoms. The fraction of sp³-hybridized carbons (Fsp3) is 0.348. The number of methoxy groups -OCH3 is 1. The molecule has 9 heteroatoms. The summed E-state index contributed by atoms with van der Waals surface area (Å²) in [7, 11) is 3.37. The molecule has 1 aliphatic rings. The van der Waals surface area contributed by atoms with Crippen LogP contribution in [0.1, 0.15) is 37.0 Å². The topological polar surface area (TPSA) is 111 Å². The van der Waals surface area contributed by atoms with Crippen LogP contribution in [-0.2, 0) is 11.8 Å². The van der Waals surface area contributed by atoms with Gasteiger partial charge in [-0.3, -0.25) is 14.3 Å². The second kappa shape index (κ2) is 8.78. The van der Waals surface area contributed by atoms with Crippen LogP contribution in [0.5, 0.6) is 5.75 Å². The summed E-state index contributed by atoms with van der Waals surface area (Å²) in [5.74, 6) is 1.20. The van der Waals surface area contributed by atoms with Crippen molar-refractivity contribution in [2.24, 2.45) is 18.9 Å². The lowest BCUT2D eigenvalue weighted by molar-refractivity contribution is -0.117. The number of aryl methyl sites for hydroxylation is 1. The van der Waals surface area contributed by atoms with Gasteiger partial charge in [0.2, 0.25) is 5.91 Å². The average Bonchev–Trinajstić information content (AvgIpc) is 3.54. The SMILES string of the molecule is COc1c(Nc2cc(NC(=O)C3CC3)ncc2C(=O)C(C)C)cccc1-c1ncn(C)n1. The highest BCUT2D eigenvalue weighted by atomic mass is 16.5. The quantitative estimate of drug-likeness (QED) is 0.519. The van der Waals surface area contributed by atoms with Gasteiger partial charge in [0.15, 0.2) is 17.4 Å². The highest BCUT2D eigenvalue weighted by molar-refractivity contribution is 6.04. The lowest BCUT2D eigenvalue weighted by atomic mass is 10.0. The zero-order valence-corrected chi connectivity index (χ0v) is 18.5. The molecule has 0 unspecified atom stereocenters. The van der Waals surface area contributed by atoms with E-state index in [1.165, 1.54) is 6.20 Å². The number of nitrogens with zero attached hydrogens (tertiary/aromatic N) is 4. The second-order valence-corrected chi connectivity index (χ2v) is 8.15. The molecule has 9 nitrogen and oxygen atoms in total. The number of anilines is 3. The molecule has 1 saturated carbocycles. The molecule has 0 atom stereocenters. The Labute approximate surface area is 186 Å². The summed E-state index contributed by atoms with van der Waals surface area (Å²) < 4.78 is 7.29. The molecule has 3 aromatic rings. The first-order valence-corrected chi connectivity index (χ1v) is 10.5. The smallest absolute Gasteiger partial charge is 0.228 e. The molecule has 0 radical (unpaired) electrons. The minimum Gasteiger partial charge on any atom is -0.494 e. The van der Waals surface area contributed by atoms with Gasteiger partial charge in [-0.25, -0.2) is 9.97 Å². The summed E-state index contributed by atoms with van der Waals surface area (Å²) in [4.78, 5) is 33.6. The molecule has 166 valence electrons. The van der Waals surface area contributed by atoms with Crippen LogP contribution in [0.15, 0.2) is 36.8 Å². The summed E-state index contributed by atoms with van der Waals surface area (Å²) in [5.41, 5.74) is 2.33. The van der Waals surface area contributed by atoms with Crippen LogP contribution in [0.25, 0.3) is 11.4 Å². The number of amides is 1. The minimum absolute atomic E-state index is 0.0489. The van der Waals surface area contributed by atoms with Crippen LogP contribution in [-0.4, -0.2) is 38.5 Å². The van der Waals surface area contributed by atoms with Gasteiger partial charge in [-0.05, 0) is 25.0 Å². The predicted octanol–water partition coefficient (Wildman–Crippen LogP) is 3.82. The van der Waals surface area contributed by atoms with E-state index in [4.69, 9.17) is 4.74 Å². The lowest BCUT2D eigenvalue weighted by Crippen LogP contribution is -2.16. The van der Waals surface area contributed by atoms with E-state index >= 15 is 0 Å². The Bertz CT molecular complexity index is 1170. The van der Waals surface area contributed by atoms with Crippen molar-refractivity contribution in [3.8, 4) is 17.1 Å². The maximum Gasteiger partial charge on any atom is 0.228 e. The molecule has 1 aliphatic carbocycles. The van der Waals surface area contributed by atoms with E-state index in [1.807, 2.05) is 32.0 Å². The fourth-order valence-corrected chi connectivity index (χ4v) is 3.35. The third kappa shape index (κ3) is 4.46. The van der Waals surface area contributed by atoms with Gasteiger partial charge >= 0.3 is 0 Å². The minimum atomic E-state index is -0.213. The van der Waals surface area contributed by atoms with Gasteiger partial charge in [0, 0.05) is 31.1 Å². The summed E-state index contributed by atoms with van der Waals surface area (Å²) in [6, 6.07) is 7.25. The number of pyridine rings is 1. The molecule has 2 heterocycles. The van der Waals surface area contributed by atoms with E-state index in [9.17, 15) is 9.59 Å². The number of nitrogens with one attached hydrogen (secondary N) is 2. The molecule has 4 rings (SSSR count). The zero-order chi connectivity index (χ0) is 22.8. The molecule has 0 aliphatic heterocycles. The largest absolute Gasteiger partial charge is 0.494 e. The number of carbonyl (C=O) groups excluding carboxylic acids is 2. The van der Waals surface area contributed by atoms with E-state index in [2.05, 4.69) is 25.7 Å². The van der Waals surface area contributed by atoms with E-state index in [1.54, 1.807) is 31.2 Å². The average molecular weight is 435 g/mol. The van der Waals surface area contributed by atoms with E-state index < -0.39 is 0 Å². The number of Topliss-reactive ketones (excluding diaryl/α,β-unsaturated/α-hetero) is 1. The van der Waals surface area contributed by atoms with Crippen LogP contribution in [0, 0.1) is 11.8 Å². The predicted molar refractivity (Wildman–Crippen MR) is 121 cm³/mol. The van der Waals surface area contributed by atoms with Crippen LogP contribution >= 0.6 is 0 Å². The van der Waals surface area contributed by atoms with Crippen molar-refractivity contribution in [2.75, 3.05) is 17.7 Å². The Balaban J connectivity index is 1.73. The van der Waals surface area contributed by atoms with Crippen LogP contribution in [0.3, 0.4) is 0 Å². The normalized spacial score (nSPS) is 13.2. The first-order valence-electron chi connectivity index (χ1n) is 10.5. The molecule has 2 aromatic heterocycles. The Hall–Kier alpha value is -3.75. The highest BCUT2D eigenvalue weighted by Crippen LogP contribution is 2.38. The molecule has 1 aromatic carbocycles. The number of hydrogen-bond acceptors (Lipinski definition) is 7. The Morgan fingerprint density at radius 1 is 1.19 bits per heavy atom. The first-order chi connectivity index (χ1) is 15.4. The number of rotatable bonds is 8. The molecule has 1 fully saturated rings. The van der Waals surface area contributed by atoms with Crippen molar-refractivity contribution in [1.82, 2.24) is 19.7 Å². The van der Waals surface area contributed by atoms with Gasteiger partial charge in [-0.1, -0.05) is 19.9 Å². The zero-order valence-electron chi connectivity index (χ0n) is 18.5. The number of ether oxygens (including phenoxy) is 1. The molecule has 0 bridgehead atoms. The third-order valence-electron chi connectivity index (χ3n) is 5.22. The molecule has 1 amide bonds. The van der Waals surface area contributed by atoms with Gasteiger partial charge in [0.05, 0.1) is 29.6 Å². The summed E-state index contributed by atoms with van der Waals surface area (Å²) in [5, 5.41) is 10.5. The van der Waals surface area contributed by atoms with Crippen molar-refractivity contribution in [3.63, 3.8) is 0 Å². The molecule has 2 N–H and O–H groups in total. The first kappa shape index (κ1) is 21.5. The molecule has 0 spiro atoms. The lowest BCUT2D eigenvalue weighted by Gasteiger charge is -2.17. The van der Waals surface area contributed by atoms with Gasteiger partial charge in [-0.15, -0.1) is 0 Å². The van der Waals surface area contributed by atoms with Crippen molar-refractivity contribution in [3.05, 3.63) is 42.4 Å². The number of aromatic nitrogens is 4. The van der Waals surface area contributed by atoms with Crippen molar-refractivity contribution in [1.29, 1.82) is 0 Å². The van der Waals surface area contributed by atoms with Crippen molar-refractivity contribution < 1.29 is 14.3 Å².